The van der Waals surface area contributed by atoms with Gasteiger partial charge in [0.25, 0.3) is 5.91 Å². The van der Waals surface area contributed by atoms with Crippen molar-refractivity contribution < 1.29 is 24.3 Å². The van der Waals surface area contributed by atoms with Crippen molar-refractivity contribution in [1.29, 1.82) is 0 Å². The van der Waals surface area contributed by atoms with Crippen LogP contribution < -0.4 is 10.6 Å². The normalized spacial score (nSPS) is 21.5. The molecule has 1 heterocycles. The summed E-state index contributed by atoms with van der Waals surface area (Å²) < 4.78 is 0. The molecule has 0 unspecified atom stereocenters. The lowest BCUT2D eigenvalue weighted by molar-refractivity contribution is -0.141. The topological polar surface area (TPSA) is 116 Å². The Kier molecular flexibility index (Phi) is 4.15. The Hall–Kier alpha value is -2.12. The smallest absolute Gasteiger partial charge is 0.325 e. The number of aliphatic carboxylic acids is 1. The largest absolute Gasteiger partial charge is 0.480 e. The summed E-state index contributed by atoms with van der Waals surface area (Å²) in [5.41, 5.74) is -0.776. The van der Waals surface area contributed by atoms with Gasteiger partial charge in [-0.25, -0.2) is 4.79 Å². The lowest BCUT2D eigenvalue weighted by atomic mass is 9.98. The van der Waals surface area contributed by atoms with Crippen molar-refractivity contribution in [2.45, 2.75) is 50.6 Å². The van der Waals surface area contributed by atoms with Gasteiger partial charge in [-0.15, -0.1) is 0 Å². The number of hydrogen-bond donors (Lipinski definition) is 3. The Bertz CT molecular complexity index is 484. The zero-order chi connectivity index (χ0) is 15.6. The highest BCUT2D eigenvalue weighted by molar-refractivity contribution is 6.07. The van der Waals surface area contributed by atoms with Crippen LogP contribution in [0.15, 0.2) is 0 Å². The highest BCUT2D eigenvalue weighted by Crippen LogP contribution is 2.34. The van der Waals surface area contributed by atoms with E-state index in [4.69, 9.17) is 5.11 Å². The summed E-state index contributed by atoms with van der Waals surface area (Å²) in [5, 5.41) is 13.7. The molecule has 3 N–H and O–H groups in total. The van der Waals surface area contributed by atoms with E-state index >= 15 is 0 Å². The van der Waals surface area contributed by atoms with Crippen LogP contribution in [0.5, 0.6) is 0 Å². The fourth-order valence-corrected chi connectivity index (χ4v) is 2.79. The Morgan fingerprint density at radius 1 is 1.38 bits per heavy atom. The summed E-state index contributed by atoms with van der Waals surface area (Å²) in [6, 6.07) is -1.47. The van der Waals surface area contributed by atoms with Crippen molar-refractivity contribution in [2.24, 2.45) is 0 Å². The highest BCUT2D eigenvalue weighted by Gasteiger charge is 2.52. The van der Waals surface area contributed by atoms with E-state index in [0.29, 0.717) is 12.8 Å². The first kappa shape index (κ1) is 15.3. The molecule has 2 aliphatic rings. The third kappa shape index (κ3) is 2.98. The number of rotatable bonds is 5. The first-order valence-electron chi connectivity index (χ1n) is 7.02. The van der Waals surface area contributed by atoms with Crippen molar-refractivity contribution in [2.75, 3.05) is 6.54 Å². The molecule has 0 aromatic carbocycles. The molecular weight excluding hydrogens is 278 g/mol. The maximum absolute atomic E-state index is 12.3. The van der Waals surface area contributed by atoms with Gasteiger partial charge < -0.3 is 15.7 Å². The molecule has 1 spiro atoms. The van der Waals surface area contributed by atoms with Gasteiger partial charge in [0.05, 0.1) is 0 Å². The molecule has 0 aromatic heterocycles. The monoisotopic (exact) mass is 297 g/mol. The van der Waals surface area contributed by atoms with Crippen molar-refractivity contribution in [1.82, 2.24) is 15.5 Å². The molecule has 8 nitrogen and oxygen atoms in total. The molecule has 0 radical (unpaired) electrons. The molecule has 2 fully saturated rings. The van der Waals surface area contributed by atoms with Crippen molar-refractivity contribution in [3.8, 4) is 0 Å². The Balaban J connectivity index is 1.88. The molecule has 4 amide bonds. The zero-order valence-corrected chi connectivity index (χ0v) is 11.8. The zero-order valence-electron chi connectivity index (χ0n) is 11.8. The molecule has 116 valence electrons. The lowest BCUT2D eigenvalue weighted by Crippen LogP contribution is -2.44. The number of urea groups is 1. The second-order valence-corrected chi connectivity index (χ2v) is 5.55. The van der Waals surface area contributed by atoms with Gasteiger partial charge in [-0.3, -0.25) is 19.3 Å². The van der Waals surface area contributed by atoms with E-state index in [1.807, 2.05) is 0 Å². The first-order chi connectivity index (χ1) is 9.85. The highest BCUT2D eigenvalue weighted by atomic mass is 16.4. The molecule has 1 saturated heterocycles. The Morgan fingerprint density at radius 2 is 2.00 bits per heavy atom. The minimum atomic E-state index is -1.14. The molecule has 2 rings (SSSR count). The quantitative estimate of drug-likeness (QED) is 0.609. The number of imide groups is 1. The van der Waals surface area contributed by atoms with Crippen LogP contribution in [0.4, 0.5) is 4.79 Å². The second kappa shape index (κ2) is 5.71. The van der Waals surface area contributed by atoms with Gasteiger partial charge in [0.1, 0.15) is 11.6 Å². The van der Waals surface area contributed by atoms with E-state index in [9.17, 15) is 19.2 Å². The number of carboxylic acid groups (broad SMARTS) is 1. The molecule has 1 saturated carbocycles. The maximum Gasteiger partial charge on any atom is 0.325 e. The second-order valence-electron chi connectivity index (χ2n) is 5.55. The Labute approximate surface area is 121 Å². The summed E-state index contributed by atoms with van der Waals surface area (Å²) in [6.45, 7) is 1.31. The average Bonchev–Trinajstić information content (AvgIpc) is 2.95. The van der Waals surface area contributed by atoms with Gasteiger partial charge in [-0.1, -0.05) is 12.8 Å². The van der Waals surface area contributed by atoms with Crippen LogP contribution in [-0.2, 0) is 14.4 Å². The number of carbonyl (C=O) groups is 4. The molecule has 1 aliphatic carbocycles. The predicted molar refractivity (Wildman–Crippen MR) is 71.3 cm³/mol. The van der Waals surface area contributed by atoms with Gasteiger partial charge in [-0.05, 0) is 19.8 Å². The number of carboxylic acids is 1. The maximum atomic E-state index is 12.3. The fourth-order valence-electron chi connectivity index (χ4n) is 2.79. The van der Waals surface area contributed by atoms with E-state index < -0.39 is 29.5 Å². The number of nitrogens with one attached hydrogen (secondary N) is 2. The van der Waals surface area contributed by atoms with Gasteiger partial charge in [-0.2, -0.15) is 0 Å². The van der Waals surface area contributed by atoms with Crippen LogP contribution in [0.25, 0.3) is 0 Å². The van der Waals surface area contributed by atoms with Gasteiger partial charge in [0.2, 0.25) is 5.91 Å². The van der Waals surface area contributed by atoms with E-state index in [2.05, 4.69) is 10.6 Å². The van der Waals surface area contributed by atoms with E-state index in [-0.39, 0.29) is 18.9 Å². The predicted octanol–water partition coefficient (Wildman–Crippen LogP) is -0.170. The van der Waals surface area contributed by atoms with Crippen LogP contribution in [0.3, 0.4) is 0 Å². The summed E-state index contributed by atoms with van der Waals surface area (Å²) in [7, 11) is 0. The molecular formula is C13H19N3O5. The van der Waals surface area contributed by atoms with E-state index in [0.717, 1.165) is 17.7 Å². The number of nitrogens with zero attached hydrogens (tertiary/aromatic N) is 1. The molecule has 8 heteroatoms. The molecule has 1 aliphatic heterocycles. The summed E-state index contributed by atoms with van der Waals surface area (Å²) in [5.74, 6) is -1.91. The van der Waals surface area contributed by atoms with E-state index in [1.54, 1.807) is 0 Å². The van der Waals surface area contributed by atoms with Crippen LogP contribution in [0, 0.1) is 0 Å². The number of hydrogen-bond acceptors (Lipinski definition) is 4. The minimum Gasteiger partial charge on any atom is -0.480 e. The summed E-state index contributed by atoms with van der Waals surface area (Å²) >= 11 is 0. The third-order valence-corrected chi connectivity index (χ3v) is 4.01. The molecule has 0 bridgehead atoms. The van der Waals surface area contributed by atoms with Crippen LogP contribution in [0.1, 0.15) is 39.0 Å². The van der Waals surface area contributed by atoms with Crippen molar-refractivity contribution in [3.05, 3.63) is 0 Å². The van der Waals surface area contributed by atoms with Gasteiger partial charge in [0.15, 0.2) is 0 Å². The summed E-state index contributed by atoms with van der Waals surface area (Å²) in [4.78, 5) is 47.4. The third-order valence-electron chi connectivity index (χ3n) is 4.01. The summed E-state index contributed by atoms with van der Waals surface area (Å²) in [6.07, 6.45) is 2.96. The average molecular weight is 297 g/mol. The van der Waals surface area contributed by atoms with Crippen molar-refractivity contribution >= 4 is 23.8 Å². The molecule has 0 aromatic rings. The van der Waals surface area contributed by atoms with Crippen LogP contribution in [0.2, 0.25) is 0 Å². The first-order valence-corrected chi connectivity index (χ1v) is 7.02. The van der Waals surface area contributed by atoms with Gasteiger partial charge in [0, 0.05) is 13.0 Å². The molecule has 21 heavy (non-hydrogen) atoms. The lowest BCUT2D eigenvalue weighted by Gasteiger charge is -2.20. The Morgan fingerprint density at radius 3 is 2.57 bits per heavy atom. The van der Waals surface area contributed by atoms with Gasteiger partial charge >= 0.3 is 12.0 Å². The number of amides is 4. The standard InChI is InChI=1S/C13H19N3O5/c1-8(10(18)19)14-9(17)4-7-16-11(20)13(15-12(16)21)5-2-3-6-13/h8H,2-7H2,1H3,(H,14,17)(H,15,21)(H,18,19)/t8-/m1/s1. The molecule has 1 atom stereocenters. The fraction of sp³-hybridized carbons (Fsp3) is 0.692. The van der Waals surface area contributed by atoms with E-state index in [1.165, 1.54) is 6.92 Å². The SMILES string of the molecule is C[C@@H](NC(=O)CCN1C(=O)NC2(CCCC2)C1=O)C(=O)O. The number of carbonyl (C=O) groups excluding carboxylic acids is 3. The minimum absolute atomic E-state index is 0.0371. The van der Waals surface area contributed by atoms with Crippen LogP contribution >= 0.6 is 0 Å². The van der Waals surface area contributed by atoms with Crippen molar-refractivity contribution in [3.63, 3.8) is 0 Å². The van der Waals surface area contributed by atoms with Crippen LogP contribution in [-0.4, -0.2) is 51.9 Å².